The van der Waals surface area contributed by atoms with E-state index in [1.165, 1.54) is 18.9 Å². The van der Waals surface area contributed by atoms with Gasteiger partial charge in [-0.05, 0) is 36.2 Å². The molecule has 0 aliphatic carbocycles. The van der Waals surface area contributed by atoms with Crippen LogP contribution in [-0.4, -0.2) is 25.5 Å². The minimum absolute atomic E-state index is 0.347. The molecule has 0 atom stereocenters. The van der Waals surface area contributed by atoms with Crippen LogP contribution in [0.5, 0.6) is 5.75 Å². The zero-order valence-electron chi connectivity index (χ0n) is 13.4. The fourth-order valence-corrected chi connectivity index (χ4v) is 3.40. The van der Waals surface area contributed by atoms with Gasteiger partial charge in [-0.3, -0.25) is 9.59 Å². The number of nitrogens with zero attached hydrogens (tertiary/aromatic N) is 1. The molecule has 0 aromatic heterocycles. The third kappa shape index (κ3) is 2.89. The zero-order valence-corrected chi connectivity index (χ0v) is 15.0. The summed E-state index contributed by atoms with van der Waals surface area (Å²) in [7, 11) is 1.50. The van der Waals surface area contributed by atoms with Gasteiger partial charge in [-0.25, -0.2) is 4.90 Å². The molecule has 0 unspecified atom stereocenters. The summed E-state index contributed by atoms with van der Waals surface area (Å²) in [6.07, 6.45) is 0.858. The number of hydrogen-bond donors (Lipinski definition) is 1. The van der Waals surface area contributed by atoms with Gasteiger partial charge in [-0.1, -0.05) is 28.1 Å². The third-order valence-corrected chi connectivity index (χ3v) is 4.41. The first kappa shape index (κ1) is 16.5. The average Bonchev–Trinajstić information content (AvgIpc) is 3.02. The van der Waals surface area contributed by atoms with Crippen LogP contribution in [0.4, 0.5) is 11.4 Å². The topological polar surface area (TPSA) is 58.6 Å². The van der Waals surface area contributed by atoms with E-state index in [1.807, 2.05) is 6.07 Å². The van der Waals surface area contributed by atoms with Crippen LogP contribution < -0.4 is 15.0 Å². The fourth-order valence-electron chi connectivity index (χ4n) is 2.91. The summed E-state index contributed by atoms with van der Waals surface area (Å²) in [6.45, 7) is 2.17. The van der Waals surface area contributed by atoms with Gasteiger partial charge >= 0.3 is 0 Å². The molecule has 124 valence electrons. The molecule has 6 heteroatoms. The Balaban J connectivity index is 2.12. The lowest BCUT2D eigenvalue weighted by Gasteiger charge is -2.23. The Morgan fingerprint density at radius 1 is 1.25 bits per heavy atom. The van der Waals surface area contributed by atoms with Crippen LogP contribution in [0.15, 0.2) is 40.9 Å². The van der Waals surface area contributed by atoms with Crippen LogP contribution in [-0.2, 0) is 11.2 Å². The van der Waals surface area contributed by atoms with Gasteiger partial charge in [0, 0.05) is 17.9 Å². The maximum Gasteiger partial charge on any atom is 0.268 e. The lowest BCUT2D eigenvalue weighted by Crippen LogP contribution is -2.36. The first-order chi connectivity index (χ1) is 11.5. The number of fused-ring (bicyclic) bond motifs is 1. The Bertz CT molecular complexity index is 820. The smallest absolute Gasteiger partial charge is 0.268 e. The summed E-state index contributed by atoms with van der Waals surface area (Å²) in [5.41, 5.74) is 2.82. The summed E-state index contributed by atoms with van der Waals surface area (Å²) in [6, 6.07) is 10.7. The van der Waals surface area contributed by atoms with Crippen molar-refractivity contribution < 1.29 is 14.3 Å². The number of rotatable bonds is 3. The van der Waals surface area contributed by atoms with E-state index in [2.05, 4.69) is 21.2 Å². The van der Waals surface area contributed by atoms with Gasteiger partial charge in [-0.15, -0.1) is 0 Å². The lowest BCUT2D eigenvalue weighted by atomic mass is 10.1. The Hall–Kier alpha value is -2.34. The summed E-state index contributed by atoms with van der Waals surface area (Å²) in [4.78, 5) is 26.5. The number of carbonyl (C=O) groups excluding carboxylic acids is 2. The molecule has 24 heavy (non-hydrogen) atoms. The number of hydrogen-bond acceptors (Lipinski definition) is 4. The van der Waals surface area contributed by atoms with Crippen LogP contribution in [0.3, 0.4) is 0 Å². The van der Waals surface area contributed by atoms with Crippen molar-refractivity contribution in [2.75, 3.05) is 23.9 Å². The normalized spacial score (nSPS) is 12.3. The van der Waals surface area contributed by atoms with Crippen molar-refractivity contribution in [1.29, 1.82) is 0 Å². The van der Waals surface area contributed by atoms with Crippen LogP contribution in [0.1, 0.15) is 22.8 Å². The van der Waals surface area contributed by atoms with E-state index in [0.29, 0.717) is 17.0 Å². The van der Waals surface area contributed by atoms with Crippen molar-refractivity contribution in [3.63, 3.8) is 0 Å². The number of amides is 2. The maximum absolute atomic E-state index is 13.1. The summed E-state index contributed by atoms with van der Waals surface area (Å²) < 4.78 is 6.10. The zero-order chi connectivity index (χ0) is 17.3. The van der Waals surface area contributed by atoms with Crippen LogP contribution in [0, 0.1) is 0 Å². The highest BCUT2D eigenvalue weighted by Gasteiger charge is 2.29. The van der Waals surface area contributed by atoms with Gasteiger partial charge in [0.2, 0.25) is 5.91 Å². The summed E-state index contributed by atoms with van der Waals surface area (Å²) in [5, 5.41) is 3.27. The molecule has 0 bridgehead atoms. The Kier molecular flexibility index (Phi) is 4.57. The van der Waals surface area contributed by atoms with Gasteiger partial charge in [0.1, 0.15) is 5.75 Å². The molecule has 0 saturated heterocycles. The van der Waals surface area contributed by atoms with E-state index in [1.54, 1.807) is 30.3 Å². The van der Waals surface area contributed by atoms with Gasteiger partial charge in [0.05, 0.1) is 24.0 Å². The van der Waals surface area contributed by atoms with E-state index in [-0.39, 0.29) is 5.91 Å². The van der Waals surface area contributed by atoms with E-state index in [0.717, 1.165) is 28.7 Å². The molecular formula is C18H17BrN2O3. The third-order valence-electron chi connectivity index (χ3n) is 3.96. The predicted molar refractivity (Wildman–Crippen MR) is 96.8 cm³/mol. The largest absolute Gasteiger partial charge is 0.496 e. The molecular weight excluding hydrogens is 372 g/mol. The Morgan fingerprint density at radius 2 is 2.00 bits per heavy atom. The minimum atomic E-state index is -0.408. The first-order valence-electron chi connectivity index (χ1n) is 7.57. The molecule has 1 aliphatic rings. The number of imide groups is 1. The fraction of sp³-hybridized carbons (Fsp3) is 0.222. The Morgan fingerprint density at radius 3 is 2.71 bits per heavy atom. The van der Waals surface area contributed by atoms with Crippen LogP contribution in [0.2, 0.25) is 0 Å². The number of nitrogens with one attached hydrogen (secondary N) is 1. The van der Waals surface area contributed by atoms with E-state index in [9.17, 15) is 9.59 Å². The summed E-state index contributed by atoms with van der Waals surface area (Å²) >= 11 is 3.46. The number of ether oxygens (including phenoxy) is 1. The monoisotopic (exact) mass is 388 g/mol. The quantitative estimate of drug-likeness (QED) is 0.871. The van der Waals surface area contributed by atoms with E-state index in [4.69, 9.17) is 4.74 Å². The van der Waals surface area contributed by atoms with Crippen molar-refractivity contribution in [3.05, 3.63) is 52.0 Å². The highest BCUT2D eigenvalue weighted by Crippen LogP contribution is 2.38. The molecule has 0 spiro atoms. The van der Waals surface area contributed by atoms with Crippen molar-refractivity contribution in [2.45, 2.75) is 13.3 Å². The molecule has 2 amide bonds. The molecule has 1 heterocycles. The number of para-hydroxylation sites is 1. The van der Waals surface area contributed by atoms with E-state index >= 15 is 0 Å². The number of methoxy groups -OCH3 is 1. The SMILES string of the molecule is COc1ccccc1C(=O)N(C(C)=O)c1cc(Br)cc2c1NCC2. The van der Waals surface area contributed by atoms with Gasteiger partial charge in [0.15, 0.2) is 0 Å². The number of carbonyl (C=O) groups is 2. The predicted octanol–water partition coefficient (Wildman–Crippen LogP) is 3.62. The van der Waals surface area contributed by atoms with Gasteiger partial charge < -0.3 is 10.1 Å². The first-order valence-corrected chi connectivity index (χ1v) is 8.36. The highest BCUT2D eigenvalue weighted by molar-refractivity contribution is 9.10. The van der Waals surface area contributed by atoms with Crippen LogP contribution >= 0.6 is 15.9 Å². The molecule has 3 rings (SSSR count). The molecule has 2 aromatic carbocycles. The minimum Gasteiger partial charge on any atom is -0.496 e. The van der Waals surface area contributed by atoms with Crippen LogP contribution in [0.25, 0.3) is 0 Å². The molecule has 0 saturated carbocycles. The second-order valence-electron chi connectivity index (χ2n) is 5.50. The average molecular weight is 389 g/mol. The molecule has 0 fully saturated rings. The number of anilines is 2. The molecule has 5 nitrogen and oxygen atoms in total. The van der Waals surface area contributed by atoms with Crippen molar-refractivity contribution in [2.24, 2.45) is 0 Å². The lowest BCUT2D eigenvalue weighted by molar-refractivity contribution is -0.115. The molecule has 2 aromatic rings. The highest BCUT2D eigenvalue weighted by atomic mass is 79.9. The standard InChI is InChI=1S/C18H17BrN2O3/c1-11(22)21(18(23)14-5-3-4-6-16(14)24-2)15-10-13(19)9-12-7-8-20-17(12)15/h3-6,9-10,20H,7-8H2,1-2H3. The molecule has 1 aliphatic heterocycles. The summed E-state index contributed by atoms with van der Waals surface area (Å²) in [5.74, 6) is -0.317. The second kappa shape index (κ2) is 6.65. The van der Waals surface area contributed by atoms with Gasteiger partial charge in [-0.2, -0.15) is 0 Å². The number of benzene rings is 2. The van der Waals surface area contributed by atoms with E-state index < -0.39 is 5.91 Å². The Labute approximate surface area is 148 Å². The molecule has 0 radical (unpaired) electrons. The second-order valence-corrected chi connectivity index (χ2v) is 6.41. The molecule has 1 N–H and O–H groups in total. The van der Waals surface area contributed by atoms with Crippen molar-refractivity contribution in [3.8, 4) is 5.75 Å². The van der Waals surface area contributed by atoms with Gasteiger partial charge in [0.25, 0.3) is 5.91 Å². The van der Waals surface area contributed by atoms with Crippen molar-refractivity contribution >= 4 is 39.1 Å². The maximum atomic E-state index is 13.1. The number of halogens is 1. The van der Waals surface area contributed by atoms with Crippen molar-refractivity contribution in [1.82, 2.24) is 0 Å².